The molecule has 0 N–H and O–H groups in total. The molecule has 3 heterocycles. The molecule has 0 radical (unpaired) electrons. The Hall–Kier alpha value is -5.78. The molecule has 1 aliphatic carbocycles. The maximum atomic E-state index is 7.16. The van der Waals surface area contributed by atoms with Crippen LogP contribution in [-0.4, -0.2) is 6.71 Å². The third kappa shape index (κ3) is 6.44. The third-order valence-corrected chi connectivity index (χ3v) is 15.7. The van der Waals surface area contributed by atoms with Gasteiger partial charge >= 0.3 is 0 Å². The number of ether oxygens (including phenoxy) is 1. The van der Waals surface area contributed by atoms with Crippen LogP contribution in [0.4, 0.5) is 34.1 Å². The zero-order chi connectivity index (χ0) is 43.8. The molecule has 0 saturated carbocycles. The summed E-state index contributed by atoms with van der Waals surface area (Å²) in [5.74, 6) is 1.83. The van der Waals surface area contributed by atoms with Gasteiger partial charge in [0.15, 0.2) is 0 Å². The Morgan fingerprint density at radius 2 is 1.24 bits per heavy atom. The molecular weight excluding hydrogens is 784 g/mol. The van der Waals surface area contributed by atoms with E-state index in [0.717, 1.165) is 46.4 Å². The van der Waals surface area contributed by atoms with E-state index < -0.39 is 0 Å². The Labute approximate surface area is 378 Å². The molecule has 0 unspecified atom stereocenters. The van der Waals surface area contributed by atoms with Crippen molar-refractivity contribution in [3.05, 3.63) is 162 Å². The van der Waals surface area contributed by atoms with Gasteiger partial charge in [0, 0.05) is 43.7 Å². The lowest BCUT2D eigenvalue weighted by molar-refractivity contribution is 0.332. The molecule has 0 fully saturated rings. The largest absolute Gasteiger partial charge is 0.458 e. The standard InChI is InChI=1S/C58H57BN2OS/c1-55(2,3)38-20-24-40(25-21-38)61-48-34-43(60(41-23-19-36-15-11-12-16-37(36)31-41)42-26-27-45-46(33-42)58(9,10)30-29-57(45,7)8)35-50-52(48)59(47-17-13-14-18-49(47)62-50)54-53(61)44-32-39(56(4,5)6)22-28-51(44)63-54/h11-28,31-35H,29-30H2,1-10H3. The van der Waals surface area contributed by atoms with Gasteiger partial charge in [-0.25, -0.2) is 0 Å². The molecule has 0 bridgehead atoms. The maximum absolute atomic E-state index is 7.16. The molecule has 7 aromatic carbocycles. The summed E-state index contributed by atoms with van der Waals surface area (Å²) < 4.78 is 9.83. The van der Waals surface area contributed by atoms with E-state index in [1.807, 2.05) is 11.3 Å². The number of benzene rings is 7. The molecule has 0 amide bonds. The van der Waals surface area contributed by atoms with Crippen LogP contribution in [-0.2, 0) is 21.7 Å². The van der Waals surface area contributed by atoms with Gasteiger partial charge in [0.25, 0.3) is 6.71 Å². The maximum Gasteiger partial charge on any atom is 0.268 e. The summed E-state index contributed by atoms with van der Waals surface area (Å²) in [7, 11) is 0. The first-order chi connectivity index (χ1) is 30.0. The fourth-order valence-electron chi connectivity index (χ4n) is 10.6. The predicted octanol–water partition coefficient (Wildman–Crippen LogP) is 14.9. The number of hydrogen-bond acceptors (Lipinski definition) is 4. The summed E-state index contributed by atoms with van der Waals surface area (Å²) in [6, 6.07) is 52.9. The van der Waals surface area contributed by atoms with Gasteiger partial charge in [-0.2, -0.15) is 0 Å². The molecule has 2 aliphatic heterocycles. The second-order valence-electron chi connectivity index (χ2n) is 21.7. The minimum Gasteiger partial charge on any atom is -0.458 e. The van der Waals surface area contributed by atoms with Crippen molar-refractivity contribution in [3.63, 3.8) is 0 Å². The smallest absolute Gasteiger partial charge is 0.268 e. The summed E-state index contributed by atoms with van der Waals surface area (Å²) in [5.41, 5.74) is 15.1. The van der Waals surface area contributed by atoms with Gasteiger partial charge in [0.2, 0.25) is 0 Å². The van der Waals surface area contributed by atoms with Gasteiger partial charge in [-0.3, -0.25) is 0 Å². The summed E-state index contributed by atoms with van der Waals surface area (Å²) in [6.07, 6.45) is 2.33. The first-order valence-corrected chi connectivity index (χ1v) is 23.6. The highest BCUT2D eigenvalue weighted by molar-refractivity contribution is 7.33. The average molecular weight is 841 g/mol. The lowest BCUT2D eigenvalue weighted by Crippen LogP contribution is -2.58. The number of hydrogen-bond donors (Lipinski definition) is 0. The minimum absolute atomic E-state index is 0.000594. The first kappa shape index (κ1) is 40.0. The molecule has 0 saturated heterocycles. The van der Waals surface area contributed by atoms with Gasteiger partial charge < -0.3 is 14.5 Å². The van der Waals surface area contributed by atoms with Crippen LogP contribution in [0.2, 0.25) is 0 Å². The van der Waals surface area contributed by atoms with Gasteiger partial charge in [0.05, 0.1) is 11.4 Å². The van der Waals surface area contributed by atoms with Crippen LogP contribution in [0.25, 0.3) is 20.9 Å². The van der Waals surface area contributed by atoms with E-state index in [1.165, 1.54) is 70.9 Å². The zero-order valence-electron chi connectivity index (χ0n) is 38.5. The van der Waals surface area contributed by atoms with E-state index in [1.54, 1.807) is 0 Å². The molecule has 63 heavy (non-hydrogen) atoms. The van der Waals surface area contributed by atoms with Crippen LogP contribution in [0, 0.1) is 0 Å². The highest BCUT2D eigenvalue weighted by Gasteiger charge is 2.45. The first-order valence-electron chi connectivity index (χ1n) is 22.8. The second-order valence-corrected chi connectivity index (χ2v) is 22.8. The van der Waals surface area contributed by atoms with Crippen molar-refractivity contribution in [1.82, 2.24) is 0 Å². The normalized spacial score (nSPS) is 16.0. The molecule has 8 aromatic rings. The molecule has 0 spiro atoms. The van der Waals surface area contributed by atoms with Crippen LogP contribution in [0.1, 0.15) is 104 Å². The lowest BCUT2D eigenvalue weighted by Gasteiger charge is -2.43. The molecule has 3 aliphatic rings. The van der Waals surface area contributed by atoms with Crippen molar-refractivity contribution in [2.75, 3.05) is 9.80 Å². The molecule has 314 valence electrons. The van der Waals surface area contributed by atoms with Crippen LogP contribution >= 0.6 is 11.3 Å². The van der Waals surface area contributed by atoms with Gasteiger partial charge in [0.1, 0.15) is 11.5 Å². The van der Waals surface area contributed by atoms with Crippen LogP contribution in [0.5, 0.6) is 11.5 Å². The van der Waals surface area contributed by atoms with Gasteiger partial charge in [-0.05, 0) is 139 Å². The monoisotopic (exact) mass is 840 g/mol. The minimum atomic E-state index is -0.000594. The molecular formula is C58H57BN2OS. The Balaban J connectivity index is 1.22. The number of nitrogens with zero attached hydrogens (tertiary/aromatic N) is 2. The molecule has 1 aromatic heterocycles. The molecule has 3 nitrogen and oxygen atoms in total. The number of para-hydroxylation sites is 1. The summed E-state index contributed by atoms with van der Waals surface area (Å²) in [6.45, 7) is 23.6. The third-order valence-electron chi connectivity index (χ3n) is 14.5. The number of rotatable bonds is 4. The summed E-state index contributed by atoms with van der Waals surface area (Å²) >= 11 is 1.94. The number of thiophene rings is 1. The van der Waals surface area contributed by atoms with E-state index in [4.69, 9.17) is 4.74 Å². The molecule has 5 heteroatoms. The quantitative estimate of drug-likeness (QED) is 0.164. The van der Waals surface area contributed by atoms with E-state index in [2.05, 4.69) is 219 Å². The molecule has 0 atom stereocenters. The topological polar surface area (TPSA) is 15.7 Å². The van der Waals surface area contributed by atoms with Crippen molar-refractivity contribution in [1.29, 1.82) is 0 Å². The van der Waals surface area contributed by atoms with E-state index in [9.17, 15) is 0 Å². The van der Waals surface area contributed by atoms with Crippen LogP contribution < -0.4 is 30.2 Å². The summed E-state index contributed by atoms with van der Waals surface area (Å²) in [5, 5.41) is 3.75. The highest BCUT2D eigenvalue weighted by atomic mass is 32.1. The fraction of sp³-hybridized carbons (Fsp3) is 0.276. The second kappa shape index (κ2) is 13.9. The van der Waals surface area contributed by atoms with E-state index >= 15 is 0 Å². The lowest BCUT2D eigenvalue weighted by atomic mass is 9.37. The SMILES string of the molecule is CC(C)(C)c1ccc(N2c3cc(N(c4ccc5c(c4)C(C)(C)CCC5(C)C)c4ccc5ccccc5c4)cc4c3B(c3ccccc3O4)c3sc4ccc(C(C)(C)C)cc4c32)cc1. The highest BCUT2D eigenvalue weighted by Crippen LogP contribution is 2.52. The Morgan fingerprint density at radius 3 is 1.98 bits per heavy atom. The van der Waals surface area contributed by atoms with E-state index in [0.29, 0.717) is 0 Å². The van der Waals surface area contributed by atoms with Crippen LogP contribution in [0.3, 0.4) is 0 Å². The Kier molecular flexibility index (Phi) is 8.81. The number of fused-ring (bicyclic) bond motifs is 8. The van der Waals surface area contributed by atoms with Crippen molar-refractivity contribution in [2.24, 2.45) is 0 Å². The van der Waals surface area contributed by atoms with Crippen molar-refractivity contribution in [3.8, 4) is 11.5 Å². The zero-order valence-corrected chi connectivity index (χ0v) is 39.3. The van der Waals surface area contributed by atoms with Gasteiger partial charge in [-0.15, -0.1) is 11.3 Å². The predicted molar refractivity (Wildman–Crippen MR) is 273 cm³/mol. The van der Waals surface area contributed by atoms with Crippen molar-refractivity contribution >= 4 is 88.7 Å². The number of anilines is 6. The average Bonchev–Trinajstić information content (AvgIpc) is 3.63. The Morgan fingerprint density at radius 1 is 0.587 bits per heavy atom. The van der Waals surface area contributed by atoms with E-state index in [-0.39, 0.29) is 28.4 Å². The molecule has 11 rings (SSSR count). The fourth-order valence-corrected chi connectivity index (χ4v) is 11.9. The van der Waals surface area contributed by atoms with Crippen LogP contribution in [0.15, 0.2) is 140 Å². The van der Waals surface area contributed by atoms with Crippen molar-refractivity contribution < 1.29 is 4.74 Å². The summed E-state index contributed by atoms with van der Waals surface area (Å²) in [4.78, 5) is 5.06. The van der Waals surface area contributed by atoms with Gasteiger partial charge in [-0.1, -0.05) is 142 Å². The Bertz CT molecular complexity index is 3140. The van der Waals surface area contributed by atoms with Crippen molar-refractivity contribution in [2.45, 2.75) is 104 Å².